The minimum atomic E-state index is -0.934. The van der Waals surface area contributed by atoms with E-state index in [1.165, 1.54) is 19.5 Å². The monoisotopic (exact) mass is 286 g/mol. The van der Waals surface area contributed by atoms with E-state index in [-0.39, 0.29) is 11.6 Å². The molecule has 1 aliphatic heterocycles. The van der Waals surface area contributed by atoms with Crippen LogP contribution in [0.15, 0.2) is 30.6 Å². The van der Waals surface area contributed by atoms with E-state index in [0.717, 1.165) is 5.56 Å². The standard InChI is InChI=1S/C13H11BN2O5/c1-19-13(17)11-5-16-12(6-15-11)21-9-3-2-8-7-20-14(18)10(8)4-9/h2-6,18H,7H2,1H3. The molecule has 2 heterocycles. The van der Waals surface area contributed by atoms with Crippen molar-refractivity contribution in [2.45, 2.75) is 6.61 Å². The summed E-state index contributed by atoms with van der Waals surface area (Å²) in [5.41, 5.74) is 1.69. The van der Waals surface area contributed by atoms with Crippen LogP contribution in [0.25, 0.3) is 0 Å². The zero-order valence-electron chi connectivity index (χ0n) is 11.1. The van der Waals surface area contributed by atoms with E-state index >= 15 is 0 Å². The van der Waals surface area contributed by atoms with Crippen LogP contribution in [-0.2, 0) is 16.0 Å². The molecule has 0 atom stereocenters. The van der Waals surface area contributed by atoms with E-state index in [1.807, 2.05) is 6.07 Å². The molecule has 0 aliphatic carbocycles. The summed E-state index contributed by atoms with van der Waals surface area (Å²) in [6.07, 6.45) is 2.60. The van der Waals surface area contributed by atoms with Crippen LogP contribution in [0.3, 0.4) is 0 Å². The lowest BCUT2D eigenvalue weighted by Gasteiger charge is -2.06. The quantitative estimate of drug-likeness (QED) is 0.639. The van der Waals surface area contributed by atoms with Gasteiger partial charge in [0.25, 0.3) is 0 Å². The summed E-state index contributed by atoms with van der Waals surface area (Å²) < 4.78 is 15.2. The topological polar surface area (TPSA) is 90.8 Å². The maximum absolute atomic E-state index is 11.2. The number of benzene rings is 1. The van der Waals surface area contributed by atoms with Gasteiger partial charge in [0.1, 0.15) is 5.75 Å². The average Bonchev–Trinajstić information content (AvgIpc) is 2.88. The molecule has 1 aromatic carbocycles. The van der Waals surface area contributed by atoms with Gasteiger partial charge in [-0.15, -0.1) is 0 Å². The first-order valence-electron chi connectivity index (χ1n) is 6.18. The number of rotatable bonds is 3. The summed E-state index contributed by atoms with van der Waals surface area (Å²) in [5.74, 6) is 0.168. The molecule has 106 valence electrons. The van der Waals surface area contributed by atoms with Crippen molar-refractivity contribution in [1.82, 2.24) is 9.97 Å². The highest BCUT2D eigenvalue weighted by Gasteiger charge is 2.27. The second-order valence-electron chi connectivity index (χ2n) is 4.36. The molecule has 0 saturated heterocycles. The third-order valence-electron chi connectivity index (χ3n) is 3.03. The number of fused-ring (bicyclic) bond motifs is 1. The van der Waals surface area contributed by atoms with Crippen LogP contribution in [0.2, 0.25) is 0 Å². The molecule has 8 heteroatoms. The van der Waals surface area contributed by atoms with Gasteiger partial charge in [-0.3, -0.25) is 0 Å². The summed E-state index contributed by atoms with van der Waals surface area (Å²) in [5, 5.41) is 9.64. The Bertz CT molecular complexity index is 677. The van der Waals surface area contributed by atoms with Crippen molar-refractivity contribution in [3.8, 4) is 11.6 Å². The van der Waals surface area contributed by atoms with E-state index < -0.39 is 13.1 Å². The molecule has 1 N–H and O–H groups in total. The van der Waals surface area contributed by atoms with Crippen molar-refractivity contribution in [1.29, 1.82) is 0 Å². The van der Waals surface area contributed by atoms with Crippen LogP contribution in [0, 0.1) is 0 Å². The molecule has 0 radical (unpaired) electrons. The molecule has 0 fully saturated rings. The van der Waals surface area contributed by atoms with Gasteiger partial charge in [0, 0.05) is 0 Å². The zero-order valence-corrected chi connectivity index (χ0v) is 11.1. The van der Waals surface area contributed by atoms with Crippen LogP contribution >= 0.6 is 0 Å². The first-order chi connectivity index (χ1) is 10.2. The number of esters is 1. The van der Waals surface area contributed by atoms with Gasteiger partial charge >= 0.3 is 13.1 Å². The fraction of sp³-hybridized carbons (Fsp3) is 0.154. The minimum Gasteiger partial charge on any atom is -0.464 e. The van der Waals surface area contributed by atoms with Gasteiger partial charge in [-0.1, -0.05) is 6.07 Å². The molecule has 0 amide bonds. The summed E-state index contributed by atoms with van der Waals surface area (Å²) >= 11 is 0. The van der Waals surface area contributed by atoms with Gasteiger partial charge in [0.2, 0.25) is 5.88 Å². The number of aromatic nitrogens is 2. The lowest BCUT2D eigenvalue weighted by atomic mass is 9.79. The zero-order chi connectivity index (χ0) is 14.8. The first-order valence-corrected chi connectivity index (χ1v) is 6.18. The number of hydrogen-bond donors (Lipinski definition) is 1. The molecule has 0 spiro atoms. The Morgan fingerprint density at radius 3 is 2.95 bits per heavy atom. The van der Waals surface area contributed by atoms with E-state index in [0.29, 0.717) is 17.8 Å². The number of carbonyl (C=O) groups is 1. The third-order valence-corrected chi connectivity index (χ3v) is 3.03. The SMILES string of the molecule is COC(=O)c1cnc(Oc2ccc3c(c2)B(O)OC3)cn1. The molecule has 0 unspecified atom stereocenters. The van der Waals surface area contributed by atoms with Gasteiger partial charge in [0.15, 0.2) is 5.69 Å². The molecule has 21 heavy (non-hydrogen) atoms. The Labute approximate surface area is 120 Å². The van der Waals surface area contributed by atoms with Crippen molar-refractivity contribution in [2.24, 2.45) is 0 Å². The van der Waals surface area contributed by atoms with E-state index in [4.69, 9.17) is 9.39 Å². The Kier molecular flexibility index (Phi) is 3.55. The number of nitrogens with zero attached hydrogens (tertiary/aromatic N) is 2. The fourth-order valence-corrected chi connectivity index (χ4v) is 1.96. The largest absolute Gasteiger partial charge is 0.491 e. The lowest BCUT2D eigenvalue weighted by Crippen LogP contribution is -2.27. The van der Waals surface area contributed by atoms with E-state index in [1.54, 1.807) is 12.1 Å². The summed E-state index contributed by atoms with van der Waals surface area (Å²) in [6, 6.07) is 5.25. The number of methoxy groups -OCH3 is 1. The Morgan fingerprint density at radius 2 is 2.24 bits per heavy atom. The smallest absolute Gasteiger partial charge is 0.464 e. The average molecular weight is 286 g/mol. The molecule has 0 bridgehead atoms. The molecular formula is C13H11BN2O5. The first kappa shape index (κ1) is 13.5. The van der Waals surface area contributed by atoms with E-state index in [2.05, 4.69) is 14.7 Å². The fourth-order valence-electron chi connectivity index (χ4n) is 1.96. The second-order valence-corrected chi connectivity index (χ2v) is 4.36. The van der Waals surface area contributed by atoms with Crippen molar-refractivity contribution < 1.29 is 23.9 Å². The predicted octanol–water partition coefficient (Wildman–Crippen LogP) is 0.273. The Balaban J connectivity index is 1.78. The minimum absolute atomic E-state index is 0.0997. The maximum Gasteiger partial charge on any atom is 0.491 e. The van der Waals surface area contributed by atoms with E-state index in [9.17, 15) is 9.82 Å². The summed E-state index contributed by atoms with van der Waals surface area (Å²) in [7, 11) is 0.336. The van der Waals surface area contributed by atoms with Crippen molar-refractivity contribution >= 4 is 18.6 Å². The number of carbonyl (C=O) groups excluding carboxylic acids is 1. The number of hydrogen-bond acceptors (Lipinski definition) is 7. The van der Waals surface area contributed by atoms with Gasteiger partial charge in [-0.25, -0.2) is 14.8 Å². The Morgan fingerprint density at radius 1 is 1.38 bits per heavy atom. The van der Waals surface area contributed by atoms with Crippen LogP contribution in [0.1, 0.15) is 16.1 Å². The molecule has 0 saturated carbocycles. The predicted molar refractivity (Wildman–Crippen MR) is 72.3 cm³/mol. The van der Waals surface area contributed by atoms with Gasteiger partial charge in [-0.05, 0) is 23.2 Å². The van der Waals surface area contributed by atoms with Gasteiger partial charge in [0.05, 0.1) is 26.1 Å². The highest BCUT2D eigenvalue weighted by molar-refractivity contribution is 6.61. The molecule has 7 nitrogen and oxygen atoms in total. The summed E-state index contributed by atoms with van der Waals surface area (Å²) in [4.78, 5) is 19.1. The maximum atomic E-state index is 11.2. The van der Waals surface area contributed by atoms with Crippen molar-refractivity contribution in [3.05, 3.63) is 41.9 Å². The van der Waals surface area contributed by atoms with Gasteiger partial charge in [-0.2, -0.15) is 0 Å². The molecule has 1 aliphatic rings. The number of ether oxygens (including phenoxy) is 2. The Hall–Kier alpha value is -2.45. The molecular weight excluding hydrogens is 275 g/mol. The normalized spacial score (nSPS) is 13.0. The van der Waals surface area contributed by atoms with Crippen molar-refractivity contribution in [3.63, 3.8) is 0 Å². The van der Waals surface area contributed by atoms with Crippen LogP contribution < -0.4 is 10.2 Å². The molecule has 2 aromatic rings. The lowest BCUT2D eigenvalue weighted by molar-refractivity contribution is 0.0593. The van der Waals surface area contributed by atoms with Gasteiger partial charge < -0.3 is 19.2 Å². The molecule has 3 rings (SSSR count). The van der Waals surface area contributed by atoms with Crippen LogP contribution in [0.4, 0.5) is 0 Å². The highest BCUT2D eigenvalue weighted by Crippen LogP contribution is 2.21. The summed E-state index contributed by atoms with van der Waals surface area (Å²) in [6.45, 7) is 0.379. The highest BCUT2D eigenvalue weighted by atomic mass is 16.5. The third kappa shape index (κ3) is 2.71. The van der Waals surface area contributed by atoms with Crippen LogP contribution in [0.5, 0.6) is 11.6 Å². The van der Waals surface area contributed by atoms with Crippen molar-refractivity contribution in [2.75, 3.05) is 7.11 Å². The van der Waals surface area contributed by atoms with Crippen LogP contribution in [-0.4, -0.2) is 35.2 Å². The second kappa shape index (κ2) is 5.51. The molecule has 1 aromatic heterocycles.